The van der Waals surface area contributed by atoms with E-state index in [9.17, 15) is 0 Å². The summed E-state index contributed by atoms with van der Waals surface area (Å²) >= 11 is 1.39. The third kappa shape index (κ3) is 2.74. The average Bonchev–Trinajstić information content (AvgIpc) is 2.76. The maximum atomic E-state index is 5.34. The van der Waals surface area contributed by atoms with Crippen molar-refractivity contribution < 1.29 is 4.42 Å². The van der Waals surface area contributed by atoms with Crippen LogP contribution < -0.4 is 5.73 Å². The molecule has 2 rings (SSSR count). The molecule has 7 heteroatoms. The molecular weight excluding hydrogens is 214 g/mol. The van der Waals surface area contributed by atoms with Crippen molar-refractivity contribution in [1.29, 1.82) is 0 Å². The summed E-state index contributed by atoms with van der Waals surface area (Å²) in [4.78, 5) is 8.15. The zero-order chi connectivity index (χ0) is 10.5. The van der Waals surface area contributed by atoms with Gasteiger partial charge in [-0.05, 0) is 6.07 Å². The molecule has 0 bridgehead atoms. The smallest absolute Gasteiger partial charge is 0.277 e. The zero-order valence-corrected chi connectivity index (χ0v) is 8.65. The monoisotopic (exact) mass is 223 g/mol. The third-order valence-electron chi connectivity index (χ3n) is 1.57. The van der Waals surface area contributed by atoms with Crippen LogP contribution in [0, 0.1) is 0 Å². The molecule has 15 heavy (non-hydrogen) atoms. The second-order valence-electron chi connectivity index (χ2n) is 2.62. The van der Waals surface area contributed by atoms with Crippen molar-refractivity contribution in [3.8, 4) is 0 Å². The van der Waals surface area contributed by atoms with Crippen molar-refractivity contribution in [2.24, 2.45) is 5.73 Å². The highest BCUT2D eigenvalue weighted by Crippen LogP contribution is 2.18. The molecule has 0 fully saturated rings. The standard InChI is InChI=1S/C8H9N5OS/c9-4-7-12-13-8(14-7)15-5-6-10-2-1-3-11-6/h1-3H,4-5,9H2. The van der Waals surface area contributed by atoms with E-state index in [2.05, 4.69) is 20.2 Å². The van der Waals surface area contributed by atoms with Crippen LogP contribution in [-0.2, 0) is 12.3 Å². The average molecular weight is 223 g/mol. The van der Waals surface area contributed by atoms with Crippen molar-refractivity contribution in [2.45, 2.75) is 17.5 Å². The predicted octanol–water partition coefficient (Wildman–Crippen LogP) is 0.611. The Labute approximate surface area is 90.3 Å². The number of aromatic nitrogens is 4. The number of rotatable bonds is 4. The van der Waals surface area contributed by atoms with Gasteiger partial charge in [0.1, 0.15) is 5.82 Å². The maximum Gasteiger partial charge on any atom is 0.277 e. The fourth-order valence-electron chi connectivity index (χ4n) is 0.910. The van der Waals surface area contributed by atoms with E-state index in [1.165, 1.54) is 11.8 Å². The van der Waals surface area contributed by atoms with E-state index in [0.717, 1.165) is 5.82 Å². The van der Waals surface area contributed by atoms with Gasteiger partial charge < -0.3 is 10.2 Å². The molecule has 0 amide bonds. The van der Waals surface area contributed by atoms with E-state index < -0.39 is 0 Å². The van der Waals surface area contributed by atoms with Crippen LogP contribution in [0.15, 0.2) is 28.1 Å². The van der Waals surface area contributed by atoms with E-state index in [1.807, 2.05) is 0 Å². The zero-order valence-electron chi connectivity index (χ0n) is 7.83. The van der Waals surface area contributed by atoms with Gasteiger partial charge >= 0.3 is 0 Å². The van der Waals surface area contributed by atoms with Crippen LogP contribution in [0.2, 0.25) is 0 Å². The largest absolute Gasteiger partial charge is 0.415 e. The first-order valence-electron chi connectivity index (χ1n) is 4.29. The minimum Gasteiger partial charge on any atom is -0.415 e. The Morgan fingerprint density at radius 2 is 2.07 bits per heavy atom. The van der Waals surface area contributed by atoms with Crippen LogP contribution >= 0.6 is 11.8 Å². The van der Waals surface area contributed by atoms with Crippen LogP contribution in [0.4, 0.5) is 0 Å². The molecule has 0 atom stereocenters. The van der Waals surface area contributed by atoms with Crippen LogP contribution in [-0.4, -0.2) is 20.2 Å². The highest BCUT2D eigenvalue weighted by Gasteiger charge is 2.05. The number of thioether (sulfide) groups is 1. The first kappa shape index (κ1) is 10.1. The van der Waals surface area contributed by atoms with Gasteiger partial charge in [-0.1, -0.05) is 11.8 Å². The Morgan fingerprint density at radius 1 is 1.27 bits per heavy atom. The molecule has 0 saturated carbocycles. The molecule has 0 aliphatic carbocycles. The van der Waals surface area contributed by atoms with Crippen LogP contribution in [0.5, 0.6) is 0 Å². The third-order valence-corrected chi connectivity index (χ3v) is 2.38. The second kappa shape index (κ2) is 4.85. The highest BCUT2D eigenvalue weighted by atomic mass is 32.2. The Bertz CT molecular complexity index is 418. The molecule has 0 radical (unpaired) electrons. The molecule has 0 unspecified atom stereocenters. The number of hydrogen-bond donors (Lipinski definition) is 1. The van der Waals surface area contributed by atoms with Crippen LogP contribution in [0.3, 0.4) is 0 Å². The van der Waals surface area contributed by atoms with Gasteiger partial charge in [-0.3, -0.25) is 0 Å². The lowest BCUT2D eigenvalue weighted by Crippen LogP contribution is -1.95. The Kier molecular flexibility index (Phi) is 3.25. The summed E-state index contributed by atoms with van der Waals surface area (Å²) in [7, 11) is 0. The van der Waals surface area contributed by atoms with Gasteiger partial charge in [0.15, 0.2) is 0 Å². The summed E-state index contributed by atoms with van der Waals surface area (Å²) in [5, 5.41) is 8.05. The lowest BCUT2D eigenvalue weighted by molar-refractivity contribution is 0.414. The van der Waals surface area contributed by atoms with Gasteiger partial charge in [-0.2, -0.15) is 0 Å². The molecule has 6 nitrogen and oxygen atoms in total. The van der Waals surface area contributed by atoms with Crippen molar-refractivity contribution >= 4 is 11.8 Å². The summed E-state index contributed by atoms with van der Waals surface area (Å²) < 4.78 is 5.21. The van der Waals surface area contributed by atoms with Crippen molar-refractivity contribution in [1.82, 2.24) is 20.2 Å². The normalized spacial score (nSPS) is 10.5. The highest BCUT2D eigenvalue weighted by molar-refractivity contribution is 7.98. The summed E-state index contributed by atoms with van der Waals surface area (Å²) in [5.74, 6) is 1.77. The fourth-order valence-corrected chi connectivity index (χ4v) is 1.57. The lowest BCUT2D eigenvalue weighted by Gasteiger charge is -1.94. The van der Waals surface area contributed by atoms with E-state index in [0.29, 0.717) is 16.9 Å². The van der Waals surface area contributed by atoms with Crippen LogP contribution in [0.25, 0.3) is 0 Å². The Balaban J connectivity index is 1.93. The van der Waals surface area contributed by atoms with Crippen LogP contribution in [0.1, 0.15) is 11.7 Å². The van der Waals surface area contributed by atoms with Gasteiger partial charge in [0, 0.05) is 12.4 Å². The molecule has 78 valence electrons. The van der Waals surface area contributed by atoms with Gasteiger partial charge in [0.05, 0.1) is 12.3 Å². The van der Waals surface area contributed by atoms with E-state index >= 15 is 0 Å². The minimum atomic E-state index is 0.259. The van der Waals surface area contributed by atoms with Gasteiger partial charge in [-0.25, -0.2) is 9.97 Å². The maximum absolute atomic E-state index is 5.34. The SMILES string of the molecule is NCc1nnc(SCc2ncccn2)o1. The molecule has 2 aromatic rings. The minimum absolute atomic E-state index is 0.259. The molecule has 0 aliphatic heterocycles. The lowest BCUT2D eigenvalue weighted by atomic mass is 10.6. The Morgan fingerprint density at radius 3 is 2.73 bits per heavy atom. The quantitative estimate of drug-likeness (QED) is 0.759. The number of hydrogen-bond acceptors (Lipinski definition) is 7. The predicted molar refractivity (Wildman–Crippen MR) is 53.8 cm³/mol. The number of nitrogens with zero attached hydrogens (tertiary/aromatic N) is 4. The molecule has 0 spiro atoms. The molecule has 2 aromatic heterocycles. The molecule has 0 saturated heterocycles. The van der Waals surface area contributed by atoms with Gasteiger partial charge in [0.2, 0.25) is 5.89 Å². The van der Waals surface area contributed by atoms with E-state index in [1.54, 1.807) is 18.5 Å². The summed E-state index contributed by atoms with van der Waals surface area (Å²) in [5.41, 5.74) is 5.34. The second-order valence-corrected chi connectivity index (χ2v) is 3.55. The van der Waals surface area contributed by atoms with Gasteiger partial charge in [0.25, 0.3) is 5.22 Å². The van der Waals surface area contributed by atoms with Gasteiger partial charge in [-0.15, -0.1) is 10.2 Å². The fraction of sp³-hybridized carbons (Fsp3) is 0.250. The summed E-state index contributed by atoms with van der Waals surface area (Å²) in [6.07, 6.45) is 3.39. The first-order chi connectivity index (χ1) is 7.38. The Hall–Kier alpha value is -1.47. The molecule has 2 N–H and O–H groups in total. The van der Waals surface area contributed by atoms with Crippen molar-refractivity contribution in [3.63, 3.8) is 0 Å². The molecule has 2 heterocycles. The van der Waals surface area contributed by atoms with Crippen molar-refractivity contribution in [3.05, 3.63) is 30.2 Å². The molecular formula is C8H9N5OS. The number of nitrogens with two attached hydrogens (primary N) is 1. The molecule has 0 aliphatic rings. The van der Waals surface area contributed by atoms with Crippen molar-refractivity contribution in [2.75, 3.05) is 0 Å². The summed E-state index contributed by atoms with van der Waals surface area (Å²) in [6, 6.07) is 1.77. The summed E-state index contributed by atoms with van der Waals surface area (Å²) in [6.45, 7) is 0.259. The topological polar surface area (TPSA) is 90.7 Å². The molecule has 0 aromatic carbocycles. The van der Waals surface area contributed by atoms with E-state index in [4.69, 9.17) is 10.2 Å². The first-order valence-corrected chi connectivity index (χ1v) is 5.28. The van der Waals surface area contributed by atoms with E-state index in [-0.39, 0.29) is 6.54 Å².